The van der Waals surface area contributed by atoms with Crippen LogP contribution in [0, 0.1) is 5.92 Å². The minimum Gasteiger partial charge on any atom is -0.483 e. The SMILES string of the molecule is CC1CCCC(Oc2ccccc2)C1=O. The fourth-order valence-electron chi connectivity index (χ4n) is 1.99. The van der Waals surface area contributed by atoms with Gasteiger partial charge in [0, 0.05) is 5.92 Å². The van der Waals surface area contributed by atoms with E-state index in [0.717, 1.165) is 25.0 Å². The molecule has 0 spiro atoms. The van der Waals surface area contributed by atoms with Crippen molar-refractivity contribution in [2.75, 3.05) is 0 Å². The highest BCUT2D eigenvalue weighted by molar-refractivity contribution is 5.86. The summed E-state index contributed by atoms with van der Waals surface area (Å²) < 4.78 is 5.69. The number of hydrogen-bond donors (Lipinski definition) is 0. The number of rotatable bonds is 2. The zero-order valence-corrected chi connectivity index (χ0v) is 8.98. The van der Waals surface area contributed by atoms with Crippen LogP contribution in [-0.4, -0.2) is 11.9 Å². The predicted molar refractivity (Wildman–Crippen MR) is 58.9 cm³/mol. The van der Waals surface area contributed by atoms with Crippen molar-refractivity contribution in [2.45, 2.75) is 32.3 Å². The Hall–Kier alpha value is -1.31. The molecule has 2 rings (SSSR count). The maximum Gasteiger partial charge on any atom is 0.176 e. The molecule has 15 heavy (non-hydrogen) atoms. The Kier molecular flexibility index (Phi) is 3.05. The molecule has 1 aromatic carbocycles. The van der Waals surface area contributed by atoms with Crippen LogP contribution in [0.25, 0.3) is 0 Å². The second-order valence-electron chi connectivity index (χ2n) is 4.15. The summed E-state index contributed by atoms with van der Waals surface area (Å²) in [5, 5.41) is 0. The van der Waals surface area contributed by atoms with Gasteiger partial charge in [0.1, 0.15) is 5.75 Å². The normalized spacial score (nSPS) is 26.3. The molecule has 1 aromatic rings. The van der Waals surface area contributed by atoms with Crippen LogP contribution in [0.4, 0.5) is 0 Å². The van der Waals surface area contributed by atoms with E-state index in [1.165, 1.54) is 0 Å². The van der Waals surface area contributed by atoms with Gasteiger partial charge in [0.15, 0.2) is 11.9 Å². The standard InChI is InChI=1S/C13H16O2/c1-10-6-5-9-12(13(10)14)15-11-7-3-2-4-8-11/h2-4,7-8,10,12H,5-6,9H2,1H3. The van der Waals surface area contributed by atoms with Crippen LogP contribution in [0.5, 0.6) is 5.75 Å². The highest BCUT2D eigenvalue weighted by atomic mass is 16.5. The number of ketones is 1. The lowest BCUT2D eigenvalue weighted by molar-refractivity contribution is -0.131. The molecule has 0 aliphatic heterocycles. The number of hydrogen-bond acceptors (Lipinski definition) is 2. The number of Topliss-reactive ketones (excluding diaryl/α,β-unsaturated/α-hetero) is 1. The molecular weight excluding hydrogens is 188 g/mol. The summed E-state index contributed by atoms with van der Waals surface area (Å²) in [5.74, 6) is 1.21. The third-order valence-electron chi connectivity index (χ3n) is 2.93. The molecule has 0 heterocycles. The largest absolute Gasteiger partial charge is 0.483 e. The van der Waals surface area contributed by atoms with Gasteiger partial charge in [-0.3, -0.25) is 4.79 Å². The van der Waals surface area contributed by atoms with Crippen LogP contribution in [-0.2, 0) is 4.79 Å². The monoisotopic (exact) mass is 204 g/mol. The molecule has 2 heteroatoms. The van der Waals surface area contributed by atoms with Crippen molar-refractivity contribution in [3.05, 3.63) is 30.3 Å². The summed E-state index contributed by atoms with van der Waals surface area (Å²) >= 11 is 0. The summed E-state index contributed by atoms with van der Waals surface area (Å²) in [6.07, 6.45) is 2.73. The van der Waals surface area contributed by atoms with Gasteiger partial charge in [-0.05, 0) is 31.4 Å². The van der Waals surface area contributed by atoms with Crippen LogP contribution >= 0.6 is 0 Å². The number of benzene rings is 1. The zero-order chi connectivity index (χ0) is 10.7. The van der Waals surface area contributed by atoms with Gasteiger partial charge < -0.3 is 4.74 Å². The number of carbonyl (C=O) groups is 1. The van der Waals surface area contributed by atoms with E-state index < -0.39 is 0 Å². The molecule has 1 fully saturated rings. The van der Waals surface area contributed by atoms with Crippen molar-refractivity contribution in [3.8, 4) is 5.75 Å². The number of carbonyl (C=O) groups excluding carboxylic acids is 1. The average molecular weight is 204 g/mol. The van der Waals surface area contributed by atoms with Gasteiger partial charge in [-0.1, -0.05) is 25.1 Å². The van der Waals surface area contributed by atoms with E-state index in [1.807, 2.05) is 37.3 Å². The smallest absolute Gasteiger partial charge is 0.176 e. The highest BCUT2D eigenvalue weighted by Gasteiger charge is 2.29. The molecule has 2 unspecified atom stereocenters. The van der Waals surface area contributed by atoms with Gasteiger partial charge in [-0.2, -0.15) is 0 Å². The second kappa shape index (κ2) is 4.47. The Labute approximate surface area is 90.3 Å². The summed E-state index contributed by atoms with van der Waals surface area (Å²) in [6.45, 7) is 1.99. The van der Waals surface area contributed by atoms with Crippen molar-refractivity contribution in [3.63, 3.8) is 0 Å². The molecule has 1 saturated carbocycles. The summed E-state index contributed by atoms with van der Waals surface area (Å²) in [4.78, 5) is 11.8. The molecule has 0 N–H and O–H groups in total. The first-order chi connectivity index (χ1) is 7.27. The van der Waals surface area contributed by atoms with E-state index in [9.17, 15) is 4.79 Å². The second-order valence-corrected chi connectivity index (χ2v) is 4.15. The minimum absolute atomic E-state index is 0.160. The lowest BCUT2D eigenvalue weighted by Gasteiger charge is -2.25. The Morgan fingerprint density at radius 1 is 1.20 bits per heavy atom. The van der Waals surface area contributed by atoms with Gasteiger partial charge in [-0.25, -0.2) is 0 Å². The van der Waals surface area contributed by atoms with Crippen LogP contribution in [0.2, 0.25) is 0 Å². The fourth-order valence-corrected chi connectivity index (χ4v) is 1.99. The van der Waals surface area contributed by atoms with Crippen molar-refractivity contribution < 1.29 is 9.53 Å². The Morgan fingerprint density at radius 2 is 1.93 bits per heavy atom. The van der Waals surface area contributed by atoms with Crippen LogP contribution in [0.3, 0.4) is 0 Å². The predicted octanol–water partition coefficient (Wildman–Crippen LogP) is 2.82. The fraction of sp³-hybridized carbons (Fsp3) is 0.462. The Balaban J connectivity index is 2.03. The van der Waals surface area contributed by atoms with Crippen LogP contribution < -0.4 is 4.74 Å². The molecule has 80 valence electrons. The first kappa shape index (κ1) is 10.2. The van der Waals surface area contributed by atoms with Crippen molar-refractivity contribution in [1.82, 2.24) is 0 Å². The van der Waals surface area contributed by atoms with Crippen molar-refractivity contribution in [2.24, 2.45) is 5.92 Å². The number of ether oxygens (including phenoxy) is 1. The van der Waals surface area contributed by atoms with Crippen molar-refractivity contribution in [1.29, 1.82) is 0 Å². The third kappa shape index (κ3) is 2.38. The van der Waals surface area contributed by atoms with Gasteiger partial charge in [-0.15, -0.1) is 0 Å². The first-order valence-corrected chi connectivity index (χ1v) is 5.53. The molecule has 2 atom stereocenters. The van der Waals surface area contributed by atoms with E-state index in [1.54, 1.807) is 0 Å². The lowest BCUT2D eigenvalue weighted by atomic mass is 9.87. The maximum absolute atomic E-state index is 11.8. The highest BCUT2D eigenvalue weighted by Crippen LogP contribution is 2.24. The molecule has 0 aromatic heterocycles. The first-order valence-electron chi connectivity index (χ1n) is 5.53. The van der Waals surface area contributed by atoms with Crippen molar-refractivity contribution >= 4 is 5.78 Å². The Bertz CT molecular complexity index is 332. The molecule has 0 amide bonds. The topological polar surface area (TPSA) is 26.3 Å². The van der Waals surface area contributed by atoms with Crippen LogP contribution in [0.15, 0.2) is 30.3 Å². The molecule has 1 aliphatic carbocycles. The Morgan fingerprint density at radius 3 is 2.67 bits per heavy atom. The molecule has 1 aliphatic rings. The van der Waals surface area contributed by atoms with Gasteiger partial charge in [0.25, 0.3) is 0 Å². The molecule has 0 radical (unpaired) electrons. The van der Waals surface area contributed by atoms with E-state index in [2.05, 4.69) is 0 Å². The molecule has 0 saturated heterocycles. The minimum atomic E-state index is -0.226. The average Bonchev–Trinajstić information content (AvgIpc) is 2.26. The van der Waals surface area contributed by atoms with Gasteiger partial charge >= 0.3 is 0 Å². The van der Waals surface area contributed by atoms with E-state index in [-0.39, 0.29) is 17.8 Å². The zero-order valence-electron chi connectivity index (χ0n) is 8.98. The lowest BCUT2D eigenvalue weighted by Crippen LogP contribution is -2.35. The van der Waals surface area contributed by atoms with E-state index in [4.69, 9.17) is 4.74 Å². The van der Waals surface area contributed by atoms with E-state index >= 15 is 0 Å². The van der Waals surface area contributed by atoms with Crippen LogP contribution in [0.1, 0.15) is 26.2 Å². The summed E-state index contributed by atoms with van der Waals surface area (Å²) in [6, 6.07) is 9.58. The van der Waals surface area contributed by atoms with E-state index in [0.29, 0.717) is 0 Å². The van der Waals surface area contributed by atoms with Gasteiger partial charge in [0.05, 0.1) is 0 Å². The van der Waals surface area contributed by atoms with Gasteiger partial charge in [0.2, 0.25) is 0 Å². The number of para-hydroxylation sites is 1. The summed E-state index contributed by atoms with van der Waals surface area (Å²) in [5.41, 5.74) is 0. The third-order valence-corrected chi connectivity index (χ3v) is 2.93. The molecular formula is C13H16O2. The molecule has 0 bridgehead atoms. The molecule has 2 nitrogen and oxygen atoms in total. The quantitative estimate of drug-likeness (QED) is 0.740. The maximum atomic E-state index is 11.8. The summed E-state index contributed by atoms with van der Waals surface area (Å²) in [7, 11) is 0.